The molecule has 5 nitrogen and oxygen atoms in total. The molecule has 0 aliphatic rings. The molecular formula is C16H22N4O. The molecule has 4 N–H and O–H groups in total. The molecule has 0 bridgehead atoms. The van der Waals surface area contributed by atoms with Gasteiger partial charge in [0.05, 0.1) is 0 Å². The van der Waals surface area contributed by atoms with E-state index < -0.39 is 0 Å². The fourth-order valence-corrected chi connectivity index (χ4v) is 1.95. The van der Waals surface area contributed by atoms with Crippen LogP contribution in [-0.2, 0) is 11.8 Å². The van der Waals surface area contributed by atoms with Crippen molar-refractivity contribution in [1.29, 1.82) is 0 Å². The van der Waals surface area contributed by atoms with Gasteiger partial charge in [-0.05, 0) is 30.7 Å². The van der Waals surface area contributed by atoms with Crippen LogP contribution in [0, 0.1) is 0 Å². The van der Waals surface area contributed by atoms with Crippen molar-refractivity contribution in [3.05, 3.63) is 47.2 Å². The summed E-state index contributed by atoms with van der Waals surface area (Å²) >= 11 is 0. The maximum absolute atomic E-state index is 12.2. The zero-order chi connectivity index (χ0) is 15.5. The highest BCUT2D eigenvalue weighted by Gasteiger charge is 2.17. The van der Waals surface area contributed by atoms with Crippen molar-refractivity contribution >= 4 is 11.7 Å². The minimum Gasteiger partial charge on any atom is -0.330 e. The number of nitrogens with zero attached hydrogens (tertiary/aromatic N) is 1. The Balaban J connectivity index is 2.05. The van der Waals surface area contributed by atoms with Crippen LogP contribution in [-0.4, -0.2) is 22.6 Å². The van der Waals surface area contributed by atoms with Gasteiger partial charge < -0.3 is 11.1 Å². The highest BCUT2D eigenvalue weighted by atomic mass is 16.1. The van der Waals surface area contributed by atoms with E-state index in [2.05, 4.69) is 36.3 Å². The van der Waals surface area contributed by atoms with Crippen molar-refractivity contribution in [3.8, 4) is 0 Å². The molecule has 5 heteroatoms. The third kappa shape index (κ3) is 3.92. The molecule has 1 amide bonds. The number of benzene rings is 1. The van der Waals surface area contributed by atoms with Gasteiger partial charge in [-0.3, -0.25) is 9.89 Å². The molecule has 1 heterocycles. The molecular weight excluding hydrogens is 264 g/mol. The molecule has 0 unspecified atom stereocenters. The Kier molecular flexibility index (Phi) is 4.43. The second-order valence-electron chi connectivity index (χ2n) is 6.11. The number of carbonyl (C=O) groups excluding carboxylic acids is 1. The van der Waals surface area contributed by atoms with E-state index in [1.165, 1.54) is 0 Å². The van der Waals surface area contributed by atoms with Gasteiger partial charge in [-0.2, -0.15) is 5.10 Å². The van der Waals surface area contributed by atoms with Crippen LogP contribution in [0.15, 0.2) is 30.3 Å². The van der Waals surface area contributed by atoms with Crippen molar-refractivity contribution in [1.82, 2.24) is 10.2 Å². The molecule has 0 atom stereocenters. The standard InChI is InChI=1S/C16H22N4O/c1-16(2,3)13-10-14(20-19-13)18-15(21)12-6-4-11(5-7-12)8-9-17/h4-7,10H,8-9,17H2,1-3H3,(H2,18,19,20,21). The highest BCUT2D eigenvalue weighted by Crippen LogP contribution is 2.22. The van der Waals surface area contributed by atoms with Crippen LogP contribution in [0.3, 0.4) is 0 Å². The number of amides is 1. The smallest absolute Gasteiger partial charge is 0.256 e. The Bertz CT molecular complexity index is 608. The van der Waals surface area contributed by atoms with Gasteiger partial charge in [-0.25, -0.2) is 0 Å². The molecule has 21 heavy (non-hydrogen) atoms. The Morgan fingerprint density at radius 1 is 1.29 bits per heavy atom. The number of nitrogens with two attached hydrogens (primary N) is 1. The lowest BCUT2D eigenvalue weighted by molar-refractivity contribution is 0.102. The van der Waals surface area contributed by atoms with Crippen LogP contribution in [0.2, 0.25) is 0 Å². The Morgan fingerprint density at radius 2 is 1.95 bits per heavy atom. The van der Waals surface area contributed by atoms with Gasteiger partial charge in [0.2, 0.25) is 0 Å². The molecule has 112 valence electrons. The zero-order valence-corrected chi connectivity index (χ0v) is 12.7. The lowest BCUT2D eigenvalue weighted by atomic mass is 9.92. The first-order valence-electron chi connectivity index (χ1n) is 7.06. The summed E-state index contributed by atoms with van der Waals surface area (Å²) in [5.41, 5.74) is 8.20. The predicted molar refractivity (Wildman–Crippen MR) is 84.4 cm³/mol. The first-order chi connectivity index (χ1) is 9.90. The molecule has 2 rings (SSSR count). The summed E-state index contributed by atoms with van der Waals surface area (Å²) < 4.78 is 0. The largest absolute Gasteiger partial charge is 0.330 e. The van der Waals surface area contributed by atoms with Crippen molar-refractivity contribution in [2.45, 2.75) is 32.6 Å². The van der Waals surface area contributed by atoms with Crippen molar-refractivity contribution < 1.29 is 4.79 Å². The van der Waals surface area contributed by atoms with Gasteiger partial charge in [-0.1, -0.05) is 32.9 Å². The molecule has 0 fully saturated rings. The number of hydrogen-bond donors (Lipinski definition) is 3. The lowest BCUT2D eigenvalue weighted by Gasteiger charge is -2.14. The second kappa shape index (κ2) is 6.10. The van der Waals surface area contributed by atoms with Gasteiger partial charge in [0, 0.05) is 22.7 Å². The molecule has 0 saturated heterocycles. The zero-order valence-electron chi connectivity index (χ0n) is 12.7. The van der Waals surface area contributed by atoms with E-state index in [9.17, 15) is 4.79 Å². The summed E-state index contributed by atoms with van der Waals surface area (Å²) in [5.74, 6) is 0.372. The Labute approximate surface area is 124 Å². The summed E-state index contributed by atoms with van der Waals surface area (Å²) in [4.78, 5) is 12.2. The van der Waals surface area contributed by atoms with E-state index in [0.717, 1.165) is 17.7 Å². The fraction of sp³-hybridized carbons (Fsp3) is 0.375. The van der Waals surface area contributed by atoms with Crippen LogP contribution in [0.25, 0.3) is 0 Å². The van der Waals surface area contributed by atoms with E-state index >= 15 is 0 Å². The minimum atomic E-state index is -0.166. The normalized spacial score (nSPS) is 11.4. The van der Waals surface area contributed by atoms with Crippen LogP contribution < -0.4 is 11.1 Å². The highest BCUT2D eigenvalue weighted by molar-refractivity contribution is 6.03. The number of aromatic amines is 1. The molecule has 0 radical (unpaired) electrons. The first kappa shape index (κ1) is 15.3. The summed E-state index contributed by atoms with van der Waals surface area (Å²) in [6.45, 7) is 6.86. The third-order valence-corrected chi connectivity index (χ3v) is 3.28. The molecule has 1 aromatic heterocycles. The monoisotopic (exact) mass is 286 g/mol. The van der Waals surface area contributed by atoms with E-state index in [1.54, 1.807) is 12.1 Å². The molecule has 0 aliphatic carbocycles. The number of rotatable bonds is 4. The fourth-order valence-electron chi connectivity index (χ4n) is 1.95. The van der Waals surface area contributed by atoms with Crippen LogP contribution >= 0.6 is 0 Å². The number of anilines is 1. The number of nitrogens with one attached hydrogen (secondary N) is 2. The lowest BCUT2D eigenvalue weighted by Crippen LogP contribution is -2.13. The van der Waals surface area contributed by atoms with E-state index in [1.807, 2.05) is 18.2 Å². The molecule has 1 aromatic carbocycles. The van der Waals surface area contributed by atoms with Crippen LogP contribution in [0.4, 0.5) is 5.82 Å². The van der Waals surface area contributed by atoms with Crippen molar-refractivity contribution in [2.75, 3.05) is 11.9 Å². The Hall–Kier alpha value is -2.14. The summed E-state index contributed by atoms with van der Waals surface area (Å²) in [7, 11) is 0. The van der Waals surface area contributed by atoms with E-state index in [4.69, 9.17) is 5.73 Å². The average molecular weight is 286 g/mol. The average Bonchev–Trinajstić information content (AvgIpc) is 2.88. The molecule has 2 aromatic rings. The topological polar surface area (TPSA) is 83.8 Å². The van der Waals surface area contributed by atoms with Gasteiger partial charge in [-0.15, -0.1) is 0 Å². The summed E-state index contributed by atoms with van der Waals surface area (Å²) in [6.07, 6.45) is 0.816. The van der Waals surface area contributed by atoms with Gasteiger partial charge >= 0.3 is 0 Å². The quantitative estimate of drug-likeness (QED) is 0.807. The summed E-state index contributed by atoms with van der Waals surface area (Å²) in [6, 6.07) is 9.32. The minimum absolute atomic E-state index is 0.0279. The predicted octanol–water partition coefficient (Wildman–Crippen LogP) is 2.46. The van der Waals surface area contributed by atoms with Gasteiger partial charge in [0.25, 0.3) is 5.91 Å². The summed E-state index contributed by atoms with van der Waals surface area (Å²) in [5, 5.41) is 9.87. The number of hydrogen-bond acceptors (Lipinski definition) is 3. The van der Waals surface area contributed by atoms with Gasteiger partial charge in [0.15, 0.2) is 5.82 Å². The Morgan fingerprint density at radius 3 is 2.48 bits per heavy atom. The second-order valence-corrected chi connectivity index (χ2v) is 6.11. The first-order valence-corrected chi connectivity index (χ1v) is 7.06. The number of H-pyrrole nitrogens is 1. The SMILES string of the molecule is CC(C)(C)c1cc(NC(=O)c2ccc(CCN)cc2)n[nH]1. The number of aromatic nitrogens is 2. The maximum atomic E-state index is 12.2. The number of carbonyl (C=O) groups is 1. The van der Waals surface area contributed by atoms with Crippen molar-refractivity contribution in [3.63, 3.8) is 0 Å². The van der Waals surface area contributed by atoms with E-state index in [0.29, 0.717) is 17.9 Å². The van der Waals surface area contributed by atoms with Gasteiger partial charge in [0.1, 0.15) is 0 Å². The molecule has 0 spiro atoms. The third-order valence-electron chi connectivity index (χ3n) is 3.28. The van der Waals surface area contributed by atoms with Crippen molar-refractivity contribution in [2.24, 2.45) is 5.73 Å². The van der Waals surface area contributed by atoms with Crippen LogP contribution in [0.5, 0.6) is 0 Å². The molecule has 0 saturated carbocycles. The maximum Gasteiger partial charge on any atom is 0.256 e. The van der Waals surface area contributed by atoms with Crippen LogP contribution in [0.1, 0.15) is 42.4 Å². The van der Waals surface area contributed by atoms with E-state index in [-0.39, 0.29) is 11.3 Å². The molecule has 0 aliphatic heterocycles.